The van der Waals surface area contributed by atoms with Crippen molar-refractivity contribution in [2.75, 3.05) is 18.1 Å². The van der Waals surface area contributed by atoms with Crippen LogP contribution in [0.4, 0.5) is 9.52 Å². The fraction of sp³-hybridized carbons (Fsp3) is 0.269. The number of aromatic nitrogens is 3. The highest BCUT2D eigenvalue weighted by atomic mass is 32.1. The SMILES string of the molecule is Cc1nn(Cc2ccc(F)cc2)c2sc(C(=O)N(C[C@@H]3CCCO3)c3nc4ccccc4s3)cc12. The molecule has 6 rings (SSSR count). The highest BCUT2D eigenvalue weighted by molar-refractivity contribution is 7.23. The molecule has 35 heavy (non-hydrogen) atoms. The molecule has 0 unspecified atom stereocenters. The molecule has 1 aliphatic heterocycles. The van der Waals surface area contributed by atoms with Gasteiger partial charge in [-0.2, -0.15) is 5.10 Å². The maximum Gasteiger partial charge on any atom is 0.270 e. The number of hydrogen-bond donors (Lipinski definition) is 0. The number of hydrogen-bond acceptors (Lipinski definition) is 6. The second-order valence-electron chi connectivity index (χ2n) is 8.71. The lowest BCUT2D eigenvalue weighted by molar-refractivity contribution is 0.0921. The molecule has 3 aromatic heterocycles. The van der Waals surface area contributed by atoms with E-state index in [-0.39, 0.29) is 17.8 Å². The number of amides is 1. The number of carbonyl (C=O) groups is 1. The van der Waals surface area contributed by atoms with Crippen LogP contribution in [0.5, 0.6) is 0 Å². The van der Waals surface area contributed by atoms with Gasteiger partial charge in [-0.3, -0.25) is 14.4 Å². The van der Waals surface area contributed by atoms with Crippen molar-refractivity contribution in [1.82, 2.24) is 14.8 Å². The maximum atomic E-state index is 13.9. The smallest absolute Gasteiger partial charge is 0.270 e. The van der Waals surface area contributed by atoms with Crippen molar-refractivity contribution in [1.29, 1.82) is 0 Å². The molecule has 5 aromatic rings. The summed E-state index contributed by atoms with van der Waals surface area (Å²) in [7, 11) is 0. The predicted molar refractivity (Wildman–Crippen MR) is 138 cm³/mol. The van der Waals surface area contributed by atoms with Crippen molar-refractivity contribution < 1.29 is 13.9 Å². The minimum atomic E-state index is -0.263. The normalized spacial score (nSPS) is 15.9. The fourth-order valence-corrected chi connectivity index (χ4v) is 6.52. The van der Waals surface area contributed by atoms with Crippen LogP contribution in [0.15, 0.2) is 54.6 Å². The Balaban J connectivity index is 1.35. The Labute approximate surface area is 209 Å². The van der Waals surface area contributed by atoms with Gasteiger partial charge >= 0.3 is 0 Å². The Morgan fingerprint density at radius 2 is 2.03 bits per heavy atom. The van der Waals surface area contributed by atoms with E-state index in [0.29, 0.717) is 23.1 Å². The number of thiophene rings is 1. The van der Waals surface area contributed by atoms with Gasteiger partial charge in [-0.15, -0.1) is 11.3 Å². The van der Waals surface area contributed by atoms with Crippen LogP contribution in [0.1, 0.15) is 33.8 Å². The first-order chi connectivity index (χ1) is 17.0. The number of thiazole rings is 1. The minimum Gasteiger partial charge on any atom is -0.376 e. The van der Waals surface area contributed by atoms with Gasteiger partial charge in [0.05, 0.1) is 40.0 Å². The zero-order valence-corrected chi connectivity index (χ0v) is 20.7. The summed E-state index contributed by atoms with van der Waals surface area (Å²) in [6.07, 6.45) is 1.96. The molecule has 0 N–H and O–H groups in total. The number of carbonyl (C=O) groups excluding carboxylic acids is 1. The van der Waals surface area contributed by atoms with Crippen LogP contribution in [-0.2, 0) is 11.3 Å². The predicted octanol–water partition coefficient (Wildman–Crippen LogP) is 6.03. The van der Waals surface area contributed by atoms with Crippen LogP contribution in [0.3, 0.4) is 0 Å². The summed E-state index contributed by atoms with van der Waals surface area (Å²) >= 11 is 2.96. The largest absolute Gasteiger partial charge is 0.376 e. The Kier molecular flexibility index (Phi) is 5.83. The van der Waals surface area contributed by atoms with Crippen molar-refractivity contribution in [2.45, 2.75) is 32.4 Å². The highest BCUT2D eigenvalue weighted by Gasteiger charge is 2.29. The van der Waals surface area contributed by atoms with Gasteiger partial charge in [0.15, 0.2) is 5.13 Å². The van der Waals surface area contributed by atoms with Gasteiger partial charge in [0.25, 0.3) is 5.91 Å². The van der Waals surface area contributed by atoms with E-state index in [1.54, 1.807) is 17.0 Å². The number of benzene rings is 2. The minimum absolute atomic E-state index is 0.0102. The third-order valence-electron chi connectivity index (χ3n) is 6.23. The topological polar surface area (TPSA) is 60.2 Å². The van der Waals surface area contributed by atoms with E-state index in [1.807, 2.05) is 41.9 Å². The summed E-state index contributed by atoms with van der Waals surface area (Å²) in [4.78, 5) is 22.0. The van der Waals surface area contributed by atoms with Gasteiger partial charge in [-0.1, -0.05) is 35.6 Å². The third-order valence-corrected chi connectivity index (χ3v) is 8.43. The van der Waals surface area contributed by atoms with Gasteiger partial charge in [-0.25, -0.2) is 9.37 Å². The van der Waals surface area contributed by atoms with Gasteiger partial charge in [0, 0.05) is 12.0 Å². The first kappa shape index (κ1) is 22.3. The van der Waals surface area contributed by atoms with Crippen LogP contribution < -0.4 is 4.90 Å². The van der Waals surface area contributed by atoms with Crippen molar-refractivity contribution >= 4 is 54.1 Å². The molecule has 1 aliphatic rings. The van der Waals surface area contributed by atoms with E-state index in [1.165, 1.54) is 34.8 Å². The molecule has 1 fully saturated rings. The number of anilines is 1. The molecule has 0 radical (unpaired) electrons. The Morgan fingerprint density at radius 3 is 2.80 bits per heavy atom. The lowest BCUT2D eigenvalue weighted by Crippen LogP contribution is -2.37. The van der Waals surface area contributed by atoms with E-state index < -0.39 is 0 Å². The second-order valence-corrected chi connectivity index (χ2v) is 10.8. The number of nitrogens with zero attached hydrogens (tertiary/aromatic N) is 4. The quantitative estimate of drug-likeness (QED) is 0.282. The molecule has 6 nitrogen and oxygen atoms in total. The van der Waals surface area contributed by atoms with Crippen LogP contribution in [0, 0.1) is 12.7 Å². The Hall–Kier alpha value is -3.14. The molecule has 0 bridgehead atoms. The summed E-state index contributed by atoms with van der Waals surface area (Å²) < 4.78 is 22.1. The monoisotopic (exact) mass is 506 g/mol. The van der Waals surface area contributed by atoms with Crippen LogP contribution in [0.25, 0.3) is 20.4 Å². The molecular formula is C26H23FN4O2S2. The van der Waals surface area contributed by atoms with E-state index in [9.17, 15) is 9.18 Å². The van der Waals surface area contributed by atoms with Crippen molar-refractivity contribution in [3.8, 4) is 0 Å². The summed E-state index contributed by atoms with van der Waals surface area (Å²) in [5.41, 5.74) is 2.70. The van der Waals surface area contributed by atoms with E-state index in [2.05, 4.69) is 5.10 Å². The second kappa shape index (κ2) is 9.14. The van der Waals surface area contributed by atoms with E-state index in [4.69, 9.17) is 9.72 Å². The molecular weight excluding hydrogens is 483 g/mol. The number of aryl methyl sites for hydroxylation is 1. The maximum absolute atomic E-state index is 13.9. The van der Waals surface area contributed by atoms with Crippen LogP contribution in [0.2, 0.25) is 0 Å². The van der Waals surface area contributed by atoms with E-state index in [0.717, 1.165) is 51.1 Å². The van der Waals surface area contributed by atoms with Crippen molar-refractivity contribution in [3.63, 3.8) is 0 Å². The fourth-order valence-electron chi connectivity index (χ4n) is 4.44. The highest BCUT2D eigenvalue weighted by Crippen LogP contribution is 2.34. The molecule has 0 spiro atoms. The summed E-state index contributed by atoms with van der Waals surface area (Å²) in [5, 5.41) is 6.31. The number of rotatable bonds is 6. The molecule has 0 saturated carbocycles. The Morgan fingerprint density at radius 1 is 1.20 bits per heavy atom. The first-order valence-corrected chi connectivity index (χ1v) is 13.2. The molecule has 1 saturated heterocycles. The van der Waals surface area contributed by atoms with Crippen molar-refractivity contribution in [2.24, 2.45) is 0 Å². The summed E-state index contributed by atoms with van der Waals surface area (Å²) in [5.74, 6) is -0.339. The van der Waals surface area contributed by atoms with Crippen molar-refractivity contribution in [3.05, 3.63) is 76.5 Å². The van der Waals surface area contributed by atoms with Gasteiger partial charge in [-0.05, 0) is 55.7 Å². The van der Waals surface area contributed by atoms with Gasteiger partial charge < -0.3 is 4.74 Å². The van der Waals surface area contributed by atoms with Gasteiger partial charge in [0.1, 0.15) is 10.6 Å². The first-order valence-electron chi connectivity index (χ1n) is 11.6. The molecule has 2 aromatic carbocycles. The molecule has 178 valence electrons. The van der Waals surface area contributed by atoms with Crippen LogP contribution >= 0.6 is 22.7 Å². The third kappa shape index (κ3) is 4.35. The number of fused-ring (bicyclic) bond motifs is 2. The lowest BCUT2D eigenvalue weighted by atomic mass is 10.2. The lowest BCUT2D eigenvalue weighted by Gasteiger charge is -2.22. The van der Waals surface area contributed by atoms with Crippen LogP contribution in [-0.4, -0.2) is 39.9 Å². The summed E-state index contributed by atoms with van der Waals surface area (Å²) in [6, 6.07) is 16.3. The standard InChI is InChI=1S/C26H23FN4O2S2/c1-16-20-13-23(34-25(20)31(29-16)14-17-8-10-18(27)11-9-17)24(32)30(15-19-5-4-12-33-19)26-28-21-6-2-3-7-22(21)35-26/h2-3,6-11,13,19H,4-5,12,14-15H2,1H3/t19-/m0/s1. The molecule has 9 heteroatoms. The average molecular weight is 507 g/mol. The number of ether oxygens (including phenoxy) is 1. The average Bonchev–Trinajstić information content (AvgIpc) is 3.65. The molecule has 1 amide bonds. The zero-order valence-electron chi connectivity index (χ0n) is 19.1. The summed E-state index contributed by atoms with van der Waals surface area (Å²) in [6.45, 7) is 3.67. The molecule has 0 aliphatic carbocycles. The number of para-hydroxylation sites is 1. The molecule has 4 heterocycles. The molecule has 1 atom stereocenters. The van der Waals surface area contributed by atoms with Gasteiger partial charge in [0.2, 0.25) is 0 Å². The number of halogens is 1. The zero-order chi connectivity index (χ0) is 23.9. The van der Waals surface area contributed by atoms with E-state index >= 15 is 0 Å². The Bertz CT molecular complexity index is 1480.